The van der Waals surface area contributed by atoms with Crippen LogP contribution in [0.4, 0.5) is 5.82 Å². The Morgan fingerprint density at radius 1 is 1.19 bits per heavy atom. The Morgan fingerprint density at radius 3 is 2.78 bits per heavy atom. The highest BCUT2D eigenvalue weighted by Gasteiger charge is 2.21. The molecular formula is C21H19N3O2S. The van der Waals surface area contributed by atoms with Gasteiger partial charge in [-0.1, -0.05) is 42.5 Å². The molecule has 5 nitrogen and oxygen atoms in total. The Kier molecular flexibility index (Phi) is 4.64. The summed E-state index contributed by atoms with van der Waals surface area (Å²) in [5.41, 5.74) is 2.79. The quantitative estimate of drug-likeness (QED) is 0.545. The third-order valence-corrected chi connectivity index (χ3v) is 4.98. The minimum Gasteiger partial charge on any atom is -0.481 e. The number of benzene rings is 2. The van der Waals surface area contributed by atoms with Gasteiger partial charge in [0.15, 0.2) is 11.1 Å². The molecule has 0 aliphatic rings. The van der Waals surface area contributed by atoms with Crippen molar-refractivity contribution in [2.24, 2.45) is 0 Å². The maximum atomic E-state index is 12.8. The Balaban J connectivity index is 1.61. The first kappa shape index (κ1) is 17.3. The molecule has 0 saturated heterocycles. The summed E-state index contributed by atoms with van der Waals surface area (Å²) >= 11 is 1.53. The summed E-state index contributed by atoms with van der Waals surface area (Å²) < 4.78 is 7.70. The number of carbonyl (C=O) groups is 1. The average Bonchev–Trinajstić information content (AvgIpc) is 3.25. The van der Waals surface area contributed by atoms with Gasteiger partial charge in [-0.05, 0) is 31.5 Å². The number of hydrogen-bond donors (Lipinski definition) is 1. The molecule has 0 aliphatic carbocycles. The number of thiazole rings is 1. The number of aromatic nitrogens is 2. The van der Waals surface area contributed by atoms with E-state index >= 15 is 0 Å². The molecule has 0 fully saturated rings. The minimum atomic E-state index is -0.639. The summed E-state index contributed by atoms with van der Waals surface area (Å²) in [6.45, 7) is 3.73. The molecule has 0 bridgehead atoms. The van der Waals surface area contributed by atoms with Gasteiger partial charge < -0.3 is 10.1 Å². The van der Waals surface area contributed by atoms with Gasteiger partial charge in [0.05, 0.1) is 0 Å². The van der Waals surface area contributed by atoms with Gasteiger partial charge >= 0.3 is 0 Å². The van der Waals surface area contributed by atoms with Gasteiger partial charge in [0.25, 0.3) is 5.91 Å². The van der Waals surface area contributed by atoms with E-state index < -0.39 is 6.10 Å². The third kappa shape index (κ3) is 3.57. The topological polar surface area (TPSA) is 55.6 Å². The second-order valence-corrected chi connectivity index (χ2v) is 7.17. The Morgan fingerprint density at radius 2 is 2.00 bits per heavy atom. The number of imidazole rings is 1. The molecule has 0 unspecified atom stereocenters. The zero-order valence-electron chi connectivity index (χ0n) is 15.0. The number of nitrogens with zero attached hydrogens (tertiary/aromatic N) is 2. The first-order valence-electron chi connectivity index (χ1n) is 8.67. The van der Waals surface area contributed by atoms with Gasteiger partial charge in [-0.2, -0.15) is 0 Å². The van der Waals surface area contributed by atoms with E-state index in [0.717, 1.165) is 21.8 Å². The average molecular weight is 377 g/mol. The van der Waals surface area contributed by atoms with Crippen LogP contribution in [0.15, 0.2) is 66.2 Å². The van der Waals surface area contributed by atoms with E-state index in [1.54, 1.807) is 6.92 Å². The van der Waals surface area contributed by atoms with Crippen LogP contribution in [0.3, 0.4) is 0 Å². The number of nitrogens with one attached hydrogen (secondary N) is 1. The third-order valence-electron chi connectivity index (χ3n) is 4.22. The molecule has 6 heteroatoms. The van der Waals surface area contributed by atoms with E-state index in [9.17, 15) is 4.79 Å². The molecule has 2 heterocycles. The Hall–Kier alpha value is -3.12. The molecular weight excluding hydrogens is 358 g/mol. The van der Waals surface area contributed by atoms with Crippen molar-refractivity contribution in [1.82, 2.24) is 9.38 Å². The molecule has 0 saturated carbocycles. The summed E-state index contributed by atoms with van der Waals surface area (Å²) in [5, 5.41) is 4.94. The molecule has 1 amide bonds. The molecule has 2 aromatic heterocycles. The molecule has 4 rings (SSSR count). The van der Waals surface area contributed by atoms with E-state index in [2.05, 4.69) is 10.3 Å². The normalized spacial score (nSPS) is 12.1. The molecule has 1 atom stereocenters. The lowest BCUT2D eigenvalue weighted by molar-refractivity contribution is -0.122. The van der Waals surface area contributed by atoms with E-state index in [1.807, 2.05) is 77.5 Å². The molecule has 0 spiro atoms. The van der Waals surface area contributed by atoms with Crippen LogP contribution in [0.1, 0.15) is 12.5 Å². The van der Waals surface area contributed by atoms with Gasteiger partial charge in [0.1, 0.15) is 17.3 Å². The van der Waals surface area contributed by atoms with Gasteiger partial charge in [0, 0.05) is 17.1 Å². The van der Waals surface area contributed by atoms with Gasteiger partial charge in [0.2, 0.25) is 0 Å². The fraction of sp³-hybridized carbons (Fsp3) is 0.143. The summed E-state index contributed by atoms with van der Waals surface area (Å²) in [7, 11) is 0. The number of anilines is 1. The second-order valence-electron chi connectivity index (χ2n) is 6.30. The summed E-state index contributed by atoms with van der Waals surface area (Å²) in [4.78, 5) is 18.3. The predicted molar refractivity (Wildman–Crippen MR) is 108 cm³/mol. The van der Waals surface area contributed by atoms with E-state index in [0.29, 0.717) is 11.6 Å². The monoisotopic (exact) mass is 377 g/mol. The van der Waals surface area contributed by atoms with Crippen molar-refractivity contribution in [1.29, 1.82) is 0 Å². The van der Waals surface area contributed by atoms with Gasteiger partial charge in [-0.3, -0.25) is 9.20 Å². The maximum Gasteiger partial charge on any atom is 0.266 e. The van der Waals surface area contributed by atoms with Crippen LogP contribution in [0.2, 0.25) is 0 Å². The first-order chi connectivity index (χ1) is 13.1. The van der Waals surface area contributed by atoms with E-state index in [1.165, 1.54) is 11.3 Å². The van der Waals surface area contributed by atoms with Crippen molar-refractivity contribution in [2.75, 3.05) is 5.32 Å². The number of fused-ring (bicyclic) bond motifs is 1. The smallest absolute Gasteiger partial charge is 0.266 e. The standard InChI is InChI=1S/C21H19N3O2S/c1-14-7-6-10-17(13-14)26-15(2)20(25)23-19-18(16-8-4-3-5-9-16)22-21-24(19)11-12-27-21/h3-13,15H,1-2H3,(H,23,25)/t15-/m0/s1. The number of amides is 1. The lowest BCUT2D eigenvalue weighted by Crippen LogP contribution is -2.30. The fourth-order valence-electron chi connectivity index (χ4n) is 2.87. The van der Waals surface area contributed by atoms with Crippen molar-refractivity contribution in [3.63, 3.8) is 0 Å². The van der Waals surface area contributed by atoms with Crippen molar-refractivity contribution >= 4 is 28.0 Å². The highest BCUT2D eigenvalue weighted by atomic mass is 32.1. The SMILES string of the molecule is Cc1cccc(O[C@@H](C)C(=O)Nc2c(-c3ccccc3)nc3sccn23)c1. The zero-order valence-corrected chi connectivity index (χ0v) is 15.9. The van der Waals surface area contributed by atoms with E-state index in [4.69, 9.17) is 4.74 Å². The lowest BCUT2D eigenvalue weighted by Gasteiger charge is -2.15. The van der Waals surface area contributed by atoms with Gasteiger partial charge in [-0.25, -0.2) is 4.98 Å². The fourth-order valence-corrected chi connectivity index (χ4v) is 3.58. The highest BCUT2D eigenvalue weighted by Crippen LogP contribution is 2.30. The van der Waals surface area contributed by atoms with Crippen LogP contribution >= 0.6 is 11.3 Å². The van der Waals surface area contributed by atoms with Crippen LogP contribution in [0, 0.1) is 6.92 Å². The summed E-state index contributed by atoms with van der Waals surface area (Å²) in [6.07, 6.45) is 1.26. The maximum absolute atomic E-state index is 12.8. The van der Waals surface area contributed by atoms with Crippen LogP contribution < -0.4 is 10.1 Å². The van der Waals surface area contributed by atoms with Crippen LogP contribution in [0.5, 0.6) is 5.75 Å². The Labute approximate surface area is 161 Å². The minimum absolute atomic E-state index is 0.221. The molecule has 1 N–H and O–H groups in total. The van der Waals surface area contributed by atoms with Crippen molar-refractivity contribution in [2.45, 2.75) is 20.0 Å². The number of ether oxygens (including phenoxy) is 1. The second kappa shape index (κ2) is 7.25. The van der Waals surface area contributed by atoms with Crippen LogP contribution in [0.25, 0.3) is 16.2 Å². The Bertz CT molecular complexity index is 1090. The summed E-state index contributed by atoms with van der Waals surface area (Å²) in [5.74, 6) is 1.11. The highest BCUT2D eigenvalue weighted by molar-refractivity contribution is 7.15. The van der Waals surface area contributed by atoms with E-state index in [-0.39, 0.29) is 5.91 Å². The molecule has 2 aromatic carbocycles. The summed E-state index contributed by atoms with van der Waals surface area (Å²) in [6, 6.07) is 17.5. The molecule has 4 aromatic rings. The van der Waals surface area contributed by atoms with Crippen LogP contribution in [-0.2, 0) is 4.79 Å². The van der Waals surface area contributed by atoms with Gasteiger partial charge in [-0.15, -0.1) is 11.3 Å². The largest absolute Gasteiger partial charge is 0.481 e. The van der Waals surface area contributed by atoms with Crippen LogP contribution in [-0.4, -0.2) is 21.4 Å². The number of aryl methyl sites for hydroxylation is 1. The lowest BCUT2D eigenvalue weighted by atomic mass is 10.1. The number of rotatable bonds is 5. The predicted octanol–water partition coefficient (Wildman–Crippen LogP) is 4.78. The van der Waals surface area contributed by atoms with Crippen molar-refractivity contribution in [3.05, 3.63) is 71.7 Å². The number of hydrogen-bond acceptors (Lipinski definition) is 4. The molecule has 136 valence electrons. The first-order valence-corrected chi connectivity index (χ1v) is 9.55. The molecule has 0 aliphatic heterocycles. The zero-order chi connectivity index (χ0) is 18.8. The molecule has 27 heavy (non-hydrogen) atoms. The van der Waals surface area contributed by atoms with Crippen molar-refractivity contribution in [3.8, 4) is 17.0 Å². The van der Waals surface area contributed by atoms with Crippen molar-refractivity contribution < 1.29 is 9.53 Å². The molecule has 0 radical (unpaired) electrons. The number of carbonyl (C=O) groups excluding carboxylic acids is 1.